The van der Waals surface area contributed by atoms with Gasteiger partial charge in [0.25, 0.3) is 0 Å². The van der Waals surface area contributed by atoms with Crippen LogP contribution in [0.5, 0.6) is 17.2 Å². The first-order valence-electron chi connectivity index (χ1n) is 12.5. The maximum Gasteiger partial charge on any atom is 0.189 e. The van der Waals surface area contributed by atoms with E-state index in [-0.39, 0.29) is 5.78 Å². The summed E-state index contributed by atoms with van der Waals surface area (Å²) < 4.78 is 17.7. The van der Waals surface area contributed by atoms with Crippen LogP contribution in [0.4, 0.5) is 0 Å². The van der Waals surface area contributed by atoms with Gasteiger partial charge in [-0.05, 0) is 73.7 Å². The van der Waals surface area contributed by atoms with Gasteiger partial charge in [0, 0.05) is 5.56 Å². The normalized spacial score (nSPS) is 11.0. The van der Waals surface area contributed by atoms with E-state index in [9.17, 15) is 4.79 Å². The molecule has 0 aromatic heterocycles. The third-order valence-electron chi connectivity index (χ3n) is 5.39. The zero-order valence-corrected chi connectivity index (χ0v) is 20.8. The lowest BCUT2D eigenvalue weighted by Crippen LogP contribution is -2.05. The van der Waals surface area contributed by atoms with Gasteiger partial charge in [0.2, 0.25) is 0 Å². The number of hydrogen-bond donors (Lipinski definition) is 0. The maximum atomic E-state index is 13.2. The van der Waals surface area contributed by atoms with E-state index in [1.54, 1.807) is 12.1 Å². The average molecular weight is 453 g/mol. The van der Waals surface area contributed by atoms with Crippen molar-refractivity contribution in [2.24, 2.45) is 0 Å². The Hall–Kier alpha value is -2.75. The first kappa shape index (κ1) is 26.5. The molecule has 0 aliphatic heterocycles. The molecule has 0 aliphatic rings. The van der Waals surface area contributed by atoms with Crippen LogP contribution in [0.15, 0.2) is 42.5 Å². The lowest BCUT2D eigenvalue weighted by Gasteiger charge is -2.13. The van der Waals surface area contributed by atoms with Crippen LogP contribution >= 0.6 is 0 Å². The Balaban J connectivity index is 2.27. The van der Waals surface area contributed by atoms with Crippen molar-refractivity contribution >= 4 is 11.9 Å². The van der Waals surface area contributed by atoms with Crippen LogP contribution in [0.2, 0.25) is 0 Å². The standard InChI is InChI=1S/C29H40O4/c1-5-9-18-31-25-14-17-29(33-20-11-7-3)26(22-25)27(30)15-13-24-21-23(8-4)12-16-28(24)32-19-10-6-2/h12-17,21-22H,5-11,18-20H2,1-4H3. The molecule has 2 aromatic carbocycles. The van der Waals surface area contributed by atoms with Gasteiger partial charge in [0.15, 0.2) is 5.78 Å². The van der Waals surface area contributed by atoms with E-state index in [0.29, 0.717) is 36.9 Å². The minimum absolute atomic E-state index is 0.108. The van der Waals surface area contributed by atoms with E-state index >= 15 is 0 Å². The Labute approximate surface area is 200 Å². The van der Waals surface area contributed by atoms with E-state index in [2.05, 4.69) is 39.8 Å². The average Bonchev–Trinajstić information content (AvgIpc) is 2.84. The first-order chi connectivity index (χ1) is 16.1. The van der Waals surface area contributed by atoms with Gasteiger partial charge in [-0.15, -0.1) is 0 Å². The van der Waals surface area contributed by atoms with Crippen LogP contribution in [0.25, 0.3) is 6.08 Å². The van der Waals surface area contributed by atoms with Crippen molar-refractivity contribution in [1.29, 1.82) is 0 Å². The number of rotatable bonds is 16. The van der Waals surface area contributed by atoms with Crippen molar-refractivity contribution in [3.8, 4) is 17.2 Å². The number of aryl methyl sites for hydroxylation is 1. The molecule has 0 heterocycles. The summed E-state index contributed by atoms with van der Waals surface area (Å²) in [6.07, 6.45) is 10.5. The number of carbonyl (C=O) groups excluding carboxylic acids is 1. The van der Waals surface area contributed by atoms with Crippen molar-refractivity contribution < 1.29 is 19.0 Å². The van der Waals surface area contributed by atoms with Crippen molar-refractivity contribution in [3.05, 3.63) is 59.2 Å². The fourth-order valence-corrected chi connectivity index (χ4v) is 3.24. The van der Waals surface area contributed by atoms with E-state index in [1.165, 1.54) is 5.56 Å². The monoisotopic (exact) mass is 452 g/mol. The Morgan fingerprint density at radius 2 is 1.36 bits per heavy atom. The van der Waals surface area contributed by atoms with Gasteiger partial charge in [0.05, 0.1) is 25.4 Å². The summed E-state index contributed by atoms with van der Waals surface area (Å²) in [5.74, 6) is 1.99. The maximum absolute atomic E-state index is 13.2. The van der Waals surface area contributed by atoms with Gasteiger partial charge in [0.1, 0.15) is 17.2 Å². The second-order valence-corrected chi connectivity index (χ2v) is 8.19. The number of unbranched alkanes of at least 4 members (excludes halogenated alkanes) is 3. The van der Waals surface area contributed by atoms with E-state index in [4.69, 9.17) is 14.2 Å². The Bertz CT molecular complexity index is 885. The Morgan fingerprint density at radius 3 is 2.00 bits per heavy atom. The number of benzene rings is 2. The molecule has 0 spiro atoms. The fourth-order valence-electron chi connectivity index (χ4n) is 3.24. The lowest BCUT2D eigenvalue weighted by molar-refractivity contribution is 0.104. The first-order valence-corrected chi connectivity index (χ1v) is 12.5. The zero-order chi connectivity index (χ0) is 23.9. The molecule has 0 saturated heterocycles. The molecule has 0 bridgehead atoms. The summed E-state index contributed by atoms with van der Waals surface area (Å²) in [5, 5.41) is 0. The molecule has 0 aliphatic carbocycles. The lowest BCUT2D eigenvalue weighted by atomic mass is 10.0. The molecule has 0 radical (unpaired) electrons. The van der Waals surface area contributed by atoms with Gasteiger partial charge >= 0.3 is 0 Å². The molecule has 0 saturated carbocycles. The molecule has 4 heteroatoms. The van der Waals surface area contributed by atoms with Gasteiger partial charge in [-0.2, -0.15) is 0 Å². The molecule has 0 N–H and O–H groups in total. The number of allylic oxidation sites excluding steroid dienone is 1. The molecule has 4 nitrogen and oxygen atoms in total. The van der Waals surface area contributed by atoms with Gasteiger partial charge < -0.3 is 14.2 Å². The van der Waals surface area contributed by atoms with Crippen LogP contribution in [0, 0.1) is 0 Å². The van der Waals surface area contributed by atoms with Crippen LogP contribution in [-0.4, -0.2) is 25.6 Å². The SMILES string of the molecule is CCCCOc1ccc(OCCCC)c(C(=O)C=Cc2cc(CC)ccc2OCCCC)c1. The number of ether oxygens (including phenoxy) is 3. The third kappa shape index (κ3) is 8.95. The Kier molecular flexibility index (Phi) is 12.2. The molecule has 33 heavy (non-hydrogen) atoms. The highest BCUT2D eigenvalue weighted by Crippen LogP contribution is 2.27. The molecule has 0 fully saturated rings. The van der Waals surface area contributed by atoms with Crippen LogP contribution in [-0.2, 0) is 6.42 Å². The molecule has 2 aromatic rings. The molecular weight excluding hydrogens is 412 g/mol. The molecule has 0 amide bonds. The third-order valence-corrected chi connectivity index (χ3v) is 5.39. The van der Waals surface area contributed by atoms with E-state index in [1.807, 2.05) is 24.3 Å². The highest BCUT2D eigenvalue weighted by molar-refractivity contribution is 6.09. The van der Waals surface area contributed by atoms with Crippen molar-refractivity contribution in [3.63, 3.8) is 0 Å². The smallest absolute Gasteiger partial charge is 0.189 e. The molecule has 2 rings (SSSR count). The minimum atomic E-state index is -0.108. The largest absolute Gasteiger partial charge is 0.494 e. The van der Waals surface area contributed by atoms with Crippen molar-refractivity contribution in [2.45, 2.75) is 72.6 Å². The predicted molar refractivity (Wildman–Crippen MR) is 137 cm³/mol. The minimum Gasteiger partial charge on any atom is -0.494 e. The summed E-state index contributed by atoms with van der Waals surface area (Å²) in [6, 6.07) is 11.7. The number of ketones is 1. The topological polar surface area (TPSA) is 44.8 Å². The molecule has 0 atom stereocenters. The van der Waals surface area contributed by atoms with E-state index < -0.39 is 0 Å². The van der Waals surface area contributed by atoms with Gasteiger partial charge in [-0.1, -0.05) is 53.0 Å². The van der Waals surface area contributed by atoms with Crippen LogP contribution < -0.4 is 14.2 Å². The summed E-state index contributed by atoms with van der Waals surface area (Å²) in [6.45, 7) is 10.4. The molecule has 180 valence electrons. The van der Waals surface area contributed by atoms with Crippen LogP contribution in [0.1, 0.15) is 87.7 Å². The second kappa shape index (κ2) is 15.2. The highest BCUT2D eigenvalue weighted by Gasteiger charge is 2.13. The highest BCUT2D eigenvalue weighted by atomic mass is 16.5. The summed E-state index contributed by atoms with van der Waals surface area (Å²) in [7, 11) is 0. The van der Waals surface area contributed by atoms with Gasteiger partial charge in [-0.25, -0.2) is 0 Å². The molecular formula is C29H40O4. The Morgan fingerprint density at radius 1 is 0.758 bits per heavy atom. The predicted octanol–water partition coefficient (Wildman–Crippen LogP) is 7.68. The zero-order valence-electron chi connectivity index (χ0n) is 20.8. The van der Waals surface area contributed by atoms with Crippen LogP contribution in [0.3, 0.4) is 0 Å². The quantitative estimate of drug-likeness (QED) is 0.149. The number of hydrogen-bond acceptors (Lipinski definition) is 4. The molecule has 0 unspecified atom stereocenters. The van der Waals surface area contributed by atoms with Gasteiger partial charge in [-0.3, -0.25) is 4.79 Å². The summed E-state index contributed by atoms with van der Waals surface area (Å²) in [5.41, 5.74) is 2.65. The summed E-state index contributed by atoms with van der Waals surface area (Å²) >= 11 is 0. The van der Waals surface area contributed by atoms with Crippen molar-refractivity contribution in [1.82, 2.24) is 0 Å². The second-order valence-electron chi connectivity index (χ2n) is 8.19. The number of carbonyl (C=O) groups is 1. The fraction of sp³-hybridized carbons (Fsp3) is 0.483. The van der Waals surface area contributed by atoms with E-state index in [0.717, 1.165) is 56.3 Å². The van der Waals surface area contributed by atoms with Crippen molar-refractivity contribution in [2.75, 3.05) is 19.8 Å². The summed E-state index contributed by atoms with van der Waals surface area (Å²) in [4.78, 5) is 13.2.